The number of hydrogen-bond donors (Lipinski definition) is 3. The Morgan fingerprint density at radius 2 is 1.96 bits per heavy atom. The highest BCUT2D eigenvalue weighted by atomic mass is 16.4. The number of carbonyl (C=O) groups excluding carboxylic acids is 1. The molecule has 1 amide bonds. The van der Waals surface area contributed by atoms with Gasteiger partial charge in [0.15, 0.2) is 0 Å². The van der Waals surface area contributed by atoms with E-state index in [2.05, 4.69) is 20.3 Å². The molecule has 0 unspecified atom stereocenters. The predicted octanol–water partition coefficient (Wildman–Crippen LogP) is 0.550. The summed E-state index contributed by atoms with van der Waals surface area (Å²) in [6, 6.07) is 1.58. The van der Waals surface area contributed by atoms with E-state index in [0.717, 1.165) is 0 Å². The van der Waals surface area contributed by atoms with Crippen molar-refractivity contribution < 1.29 is 19.8 Å². The van der Waals surface area contributed by atoms with Crippen LogP contribution in [0.25, 0.3) is 22.4 Å². The number of rotatable bonds is 4. The van der Waals surface area contributed by atoms with Gasteiger partial charge < -0.3 is 20.1 Å². The van der Waals surface area contributed by atoms with Gasteiger partial charge in [-0.2, -0.15) is 0 Å². The maximum Gasteiger partial charge on any atom is 0.322 e. The van der Waals surface area contributed by atoms with Crippen LogP contribution in [0.1, 0.15) is 10.4 Å². The van der Waals surface area contributed by atoms with Crippen LogP contribution in [0.5, 0.6) is 5.75 Å². The van der Waals surface area contributed by atoms with Crippen molar-refractivity contribution in [2.24, 2.45) is 7.05 Å². The molecule has 3 aromatic rings. The highest BCUT2D eigenvalue weighted by Gasteiger charge is 2.23. The summed E-state index contributed by atoms with van der Waals surface area (Å²) in [5.41, 5.74) is 0.723. The molecule has 0 spiro atoms. The number of benzene rings is 1. The Morgan fingerprint density at radius 1 is 1.21 bits per heavy atom. The number of aryl methyl sites for hydroxylation is 1. The van der Waals surface area contributed by atoms with E-state index >= 15 is 0 Å². The molecule has 2 heterocycles. The molecule has 0 aliphatic carbocycles. The third kappa shape index (κ3) is 2.62. The lowest BCUT2D eigenvalue weighted by Crippen LogP contribution is -2.29. The van der Waals surface area contributed by atoms with Crippen molar-refractivity contribution in [1.82, 2.24) is 24.8 Å². The molecule has 0 saturated heterocycles. The van der Waals surface area contributed by atoms with Crippen LogP contribution < -0.4 is 5.32 Å². The zero-order valence-corrected chi connectivity index (χ0v) is 12.6. The lowest BCUT2D eigenvalue weighted by molar-refractivity contribution is -0.135. The second kappa shape index (κ2) is 5.95. The molecule has 3 rings (SSSR count). The van der Waals surface area contributed by atoms with Gasteiger partial charge in [-0.1, -0.05) is 0 Å². The Morgan fingerprint density at radius 3 is 2.62 bits per heavy atom. The molecule has 2 aromatic heterocycles. The Kier molecular flexibility index (Phi) is 3.82. The summed E-state index contributed by atoms with van der Waals surface area (Å²) in [7, 11) is 1.74. The molecule has 0 aliphatic heterocycles. The summed E-state index contributed by atoms with van der Waals surface area (Å²) in [5, 5.41) is 21.5. The number of carboxylic acids is 1. The lowest BCUT2D eigenvalue weighted by Gasteiger charge is -2.12. The van der Waals surface area contributed by atoms with Gasteiger partial charge in [-0.25, -0.2) is 4.98 Å². The highest BCUT2D eigenvalue weighted by molar-refractivity contribution is 6.10. The van der Waals surface area contributed by atoms with Crippen LogP contribution in [0.4, 0.5) is 0 Å². The standard InChI is InChI=1S/C15H13N5O4/c1-20-5-4-18-14(20)8-6-9-12(17-3-2-16-9)11(13(8)23)15(24)19-7-10(21)22/h2-6,23H,7H2,1H3,(H,19,24)(H,21,22). The third-order valence-corrected chi connectivity index (χ3v) is 3.43. The van der Waals surface area contributed by atoms with Gasteiger partial charge in [0.25, 0.3) is 5.91 Å². The molecule has 122 valence electrons. The second-order valence-corrected chi connectivity index (χ2v) is 5.01. The Bertz CT molecular complexity index is 950. The number of carbonyl (C=O) groups is 2. The van der Waals surface area contributed by atoms with E-state index in [1.165, 1.54) is 12.4 Å². The number of nitrogens with one attached hydrogen (secondary N) is 1. The van der Waals surface area contributed by atoms with Crippen LogP contribution in [-0.2, 0) is 11.8 Å². The van der Waals surface area contributed by atoms with Crippen molar-refractivity contribution >= 4 is 22.9 Å². The zero-order valence-electron chi connectivity index (χ0n) is 12.6. The molecule has 0 fully saturated rings. The van der Waals surface area contributed by atoms with Gasteiger partial charge in [0, 0.05) is 31.8 Å². The quantitative estimate of drug-likeness (QED) is 0.638. The molecule has 0 bridgehead atoms. The van der Waals surface area contributed by atoms with Crippen LogP contribution in [0.3, 0.4) is 0 Å². The summed E-state index contributed by atoms with van der Waals surface area (Å²) >= 11 is 0. The summed E-state index contributed by atoms with van der Waals surface area (Å²) in [5.74, 6) is -1.84. The van der Waals surface area contributed by atoms with Crippen molar-refractivity contribution in [3.63, 3.8) is 0 Å². The first-order chi connectivity index (χ1) is 11.5. The molecule has 1 aromatic carbocycles. The first kappa shape index (κ1) is 15.4. The second-order valence-electron chi connectivity index (χ2n) is 5.01. The van der Waals surface area contributed by atoms with Crippen molar-refractivity contribution in [1.29, 1.82) is 0 Å². The van der Waals surface area contributed by atoms with Gasteiger partial charge in [0.2, 0.25) is 0 Å². The molecule has 0 aliphatic rings. The van der Waals surface area contributed by atoms with Gasteiger partial charge in [0.05, 0.1) is 11.1 Å². The SMILES string of the molecule is Cn1ccnc1-c1cc2nccnc2c(C(=O)NCC(=O)O)c1O. The molecule has 9 heteroatoms. The number of aromatic nitrogens is 4. The number of hydrogen-bond acceptors (Lipinski definition) is 6. The molecule has 0 saturated carbocycles. The number of imidazole rings is 1. The fourth-order valence-electron chi connectivity index (χ4n) is 2.35. The average Bonchev–Trinajstić information content (AvgIpc) is 2.98. The number of amides is 1. The fourth-order valence-corrected chi connectivity index (χ4v) is 2.35. The van der Waals surface area contributed by atoms with Crippen LogP contribution in [-0.4, -0.2) is 48.2 Å². The number of carboxylic acid groups (broad SMARTS) is 1. The third-order valence-electron chi connectivity index (χ3n) is 3.43. The van der Waals surface area contributed by atoms with Crippen LogP contribution in [0, 0.1) is 0 Å². The van der Waals surface area contributed by atoms with E-state index in [0.29, 0.717) is 16.9 Å². The Labute approximate surface area is 135 Å². The monoisotopic (exact) mass is 327 g/mol. The zero-order chi connectivity index (χ0) is 17.3. The summed E-state index contributed by atoms with van der Waals surface area (Å²) in [4.78, 5) is 35.4. The minimum Gasteiger partial charge on any atom is -0.506 e. The average molecular weight is 327 g/mol. The number of fused-ring (bicyclic) bond motifs is 1. The van der Waals surface area contributed by atoms with Crippen molar-refractivity contribution in [3.05, 3.63) is 36.4 Å². The molecule has 24 heavy (non-hydrogen) atoms. The number of aliphatic carboxylic acids is 1. The molecule has 3 N–H and O–H groups in total. The number of nitrogens with zero attached hydrogens (tertiary/aromatic N) is 4. The summed E-state index contributed by atoms with van der Waals surface area (Å²) in [6.45, 7) is -0.577. The van der Waals surface area contributed by atoms with E-state index in [-0.39, 0.29) is 16.8 Å². The van der Waals surface area contributed by atoms with Gasteiger partial charge in [-0.3, -0.25) is 19.6 Å². The molecular weight excluding hydrogens is 314 g/mol. The van der Waals surface area contributed by atoms with Gasteiger partial charge >= 0.3 is 5.97 Å². The van der Waals surface area contributed by atoms with Crippen molar-refractivity contribution in [3.8, 4) is 17.1 Å². The van der Waals surface area contributed by atoms with Crippen LogP contribution in [0.2, 0.25) is 0 Å². The number of aromatic hydroxyl groups is 1. The smallest absolute Gasteiger partial charge is 0.322 e. The van der Waals surface area contributed by atoms with Crippen LogP contribution >= 0.6 is 0 Å². The lowest BCUT2D eigenvalue weighted by atomic mass is 10.0. The van der Waals surface area contributed by atoms with E-state index in [4.69, 9.17) is 5.11 Å². The Balaban J connectivity index is 2.22. The topological polar surface area (TPSA) is 130 Å². The first-order valence-corrected chi connectivity index (χ1v) is 6.93. The van der Waals surface area contributed by atoms with E-state index in [9.17, 15) is 14.7 Å². The fraction of sp³-hybridized carbons (Fsp3) is 0.133. The normalized spacial score (nSPS) is 10.7. The first-order valence-electron chi connectivity index (χ1n) is 6.93. The largest absolute Gasteiger partial charge is 0.506 e. The maximum atomic E-state index is 12.4. The number of phenols is 1. The van der Waals surface area contributed by atoms with Crippen molar-refractivity contribution in [2.45, 2.75) is 0 Å². The minimum absolute atomic E-state index is 0.139. The molecule has 0 radical (unpaired) electrons. The van der Waals surface area contributed by atoms with Crippen molar-refractivity contribution in [2.75, 3.05) is 6.54 Å². The van der Waals surface area contributed by atoms with Crippen LogP contribution in [0.15, 0.2) is 30.9 Å². The van der Waals surface area contributed by atoms with Gasteiger partial charge in [-0.05, 0) is 6.07 Å². The number of phenolic OH excluding ortho intramolecular Hbond substituents is 1. The molecular formula is C15H13N5O4. The predicted molar refractivity (Wildman–Crippen MR) is 83.4 cm³/mol. The highest BCUT2D eigenvalue weighted by Crippen LogP contribution is 2.35. The minimum atomic E-state index is -1.20. The van der Waals surface area contributed by atoms with E-state index in [1.54, 1.807) is 30.1 Å². The summed E-state index contributed by atoms with van der Waals surface area (Å²) < 4.78 is 1.68. The molecule has 0 atom stereocenters. The van der Waals surface area contributed by atoms with E-state index in [1.807, 2.05) is 0 Å². The Hall–Kier alpha value is -3.49. The maximum absolute atomic E-state index is 12.4. The van der Waals surface area contributed by atoms with Gasteiger partial charge in [0.1, 0.15) is 29.2 Å². The summed E-state index contributed by atoms with van der Waals surface area (Å²) in [6.07, 6.45) is 6.09. The van der Waals surface area contributed by atoms with Gasteiger partial charge in [-0.15, -0.1) is 0 Å². The molecule has 9 nitrogen and oxygen atoms in total. The van der Waals surface area contributed by atoms with E-state index < -0.39 is 18.4 Å².